The second kappa shape index (κ2) is 9.24. The lowest BCUT2D eigenvalue weighted by atomic mass is 9.96. The molecule has 1 aromatic heterocycles. The molecule has 2 fully saturated rings. The van der Waals surface area contributed by atoms with Crippen molar-refractivity contribution in [1.29, 1.82) is 5.26 Å². The minimum atomic E-state index is -0.0527. The number of nitriles is 1. The maximum Gasteiger partial charge on any atom is 0.227 e. The number of carbonyl (C=O) groups excluding carboxylic acids is 2. The van der Waals surface area contributed by atoms with Crippen LogP contribution < -0.4 is 5.32 Å². The first-order chi connectivity index (χ1) is 14.2. The van der Waals surface area contributed by atoms with Crippen molar-refractivity contribution < 1.29 is 14.3 Å². The first-order valence-corrected chi connectivity index (χ1v) is 11.4. The third-order valence-corrected chi connectivity index (χ3v) is 7.33. The number of piperidine rings is 1. The van der Waals surface area contributed by atoms with Gasteiger partial charge in [0.05, 0.1) is 24.7 Å². The van der Waals surface area contributed by atoms with E-state index in [1.165, 1.54) is 4.88 Å². The fourth-order valence-corrected chi connectivity index (χ4v) is 5.82. The number of ether oxygens (including phenoxy) is 1. The summed E-state index contributed by atoms with van der Waals surface area (Å²) in [5, 5.41) is 13.1. The number of likely N-dealkylation sites (tertiary alicyclic amines) is 1. The van der Waals surface area contributed by atoms with Crippen LogP contribution in [-0.2, 0) is 27.2 Å². The van der Waals surface area contributed by atoms with Gasteiger partial charge in [-0.3, -0.25) is 9.59 Å². The molecule has 2 aliphatic heterocycles. The first kappa shape index (κ1) is 20.3. The van der Waals surface area contributed by atoms with E-state index >= 15 is 0 Å². The SMILES string of the molecule is N#Cc1c(NC(=O)CCN2CCCC(C(=O)N3CCOCC3)C2)sc2c1CCC2. The molecule has 3 aliphatic rings. The number of aryl methyl sites for hydroxylation is 1. The number of fused-ring (bicyclic) bond motifs is 1. The van der Waals surface area contributed by atoms with E-state index < -0.39 is 0 Å². The number of hydrogen-bond donors (Lipinski definition) is 1. The molecule has 2 saturated heterocycles. The summed E-state index contributed by atoms with van der Waals surface area (Å²) in [5.74, 6) is 0.202. The zero-order chi connectivity index (χ0) is 20.2. The smallest absolute Gasteiger partial charge is 0.227 e. The van der Waals surface area contributed by atoms with Gasteiger partial charge in [0.25, 0.3) is 0 Å². The highest BCUT2D eigenvalue weighted by molar-refractivity contribution is 7.16. The number of rotatable bonds is 5. The molecule has 8 heteroatoms. The molecule has 29 heavy (non-hydrogen) atoms. The van der Waals surface area contributed by atoms with Gasteiger partial charge in [-0.15, -0.1) is 11.3 Å². The summed E-state index contributed by atoms with van der Waals surface area (Å²) >= 11 is 1.55. The normalized spacial score (nSPS) is 22.2. The highest BCUT2D eigenvalue weighted by Crippen LogP contribution is 2.38. The van der Waals surface area contributed by atoms with Crippen molar-refractivity contribution >= 4 is 28.2 Å². The Kier molecular flexibility index (Phi) is 6.48. The Balaban J connectivity index is 1.27. The molecule has 7 nitrogen and oxygen atoms in total. The molecule has 4 rings (SSSR count). The van der Waals surface area contributed by atoms with Crippen LogP contribution in [0.3, 0.4) is 0 Å². The van der Waals surface area contributed by atoms with Crippen LogP contribution in [0.2, 0.25) is 0 Å². The average Bonchev–Trinajstić information content (AvgIpc) is 3.33. The minimum absolute atomic E-state index is 0.0235. The summed E-state index contributed by atoms with van der Waals surface area (Å²) in [6.45, 7) is 4.91. The highest BCUT2D eigenvalue weighted by atomic mass is 32.1. The van der Waals surface area contributed by atoms with Crippen LogP contribution in [-0.4, -0.2) is 67.6 Å². The van der Waals surface area contributed by atoms with Crippen molar-refractivity contribution in [2.24, 2.45) is 5.92 Å². The molecule has 0 aromatic carbocycles. The summed E-state index contributed by atoms with van der Waals surface area (Å²) in [5.41, 5.74) is 1.79. The summed E-state index contributed by atoms with van der Waals surface area (Å²) < 4.78 is 5.34. The van der Waals surface area contributed by atoms with E-state index in [1.807, 2.05) is 4.90 Å². The maximum absolute atomic E-state index is 12.8. The maximum atomic E-state index is 12.8. The van der Waals surface area contributed by atoms with Crippen LogP contribution in [0.4, 0.5) is 5.00 Å². The van der Waals surface area contributed by atoms with E-state index in [1.54, 1.807) is 11.3 Å². The van der Waals surface area contributed by atoms with Crippen molar-refractivity contribution in [3.8, 4) is 6.07 Å². The van der Waals surface area contributed by atoms with Crippen molar-refractivity contribution in [3.63, 3.8) is 0 Å². The van der Waals surface area contributed by atoms with Gasteiger partial charge in [-0.25, -0.2) is 0 Å². The second-order valence-corrected chi connectivity index (χ2v) is 9.15. The molecular formula is C21H28N4O3S. The predicted molar refractivity (Wildman–Crippen MR) is 111 cm³/mol. The lowest BCUT2D eigenvalue weighted by Crippen LogP contribution is -2.48. The number of nitrogens with one attached hydrogen (secondary N) is 1. The number of hydrogen-bond acceptors (Lipinski definition) is 6. The molecule has 2 amide bonds. The molecule has 0 spiro atoms. The quantitative estimate of drug-likeness (QED) is 0.794. The average molecular weight is 417 g/mol. The molecule has 1 atom stereocenters. The van der Waals surface area contributed by atoms with Crippen LogP contribution in [0.25, 0.3) is 0 Å². The fourth-order valence-electron chi connectivity index (χ4n) is 4.56. The Morgan fingerprint density at radius 3 is 2.83 bits per heavy atom. The molecule has 1 aliphatic carbocycles. The summed E-state index contributed by atoms with van der Waals surface area (Å²) in [6, 6.07) is 2.27. The number of carbonyl (C=O) groups is 2. The van der Waals surface area contributed by atoms with Crippen molar-refractivity contribution in [2.45, 2.75) is 38.5 Å². The summed E-state index contributed by atoms with van der Waals surface area (Å²) in [4.78, 5) is 30.6. The molecular weight excluding hydrogens is 388 g/mol. The highest BCUT2D eigenvalue weighted by Gasteiger charge is 2.30. The fraction of sp³-hybridized carbons (Fsp3) is 0.667. The van der Waals surface area contributed by atoms with Gasteiger partial charge < -0.3 is 19.9 Å². The van der Waals surface area contributed by atoms with Crippen LogP contribution in [0.5, 0.6) is 0 Å². The largest absolute Gasteiger partial charge is 0.378 e. The minimum Gasteiger partial charge on any atom is -0.378 e. The molecule has 0 saturated carbocycles. The lowest BCUT2D eigenvalue weighted by molar-refractivity contribution is -0.141. The van der Waals surface area contributed by atoms with Crippen LogP contribution >= 0.6 is 11.3 Å². The predicted octanol–water partition coefficient (Wildman–Crippen LogP) is 2.01. The van der Waals surface area contributed by atoms with Gasteiger partial charge in [0.1, 0.15) is 11.1 Å². The zero-order valence-corrected chi connectivity index (χ0v) is 17.6. The second-order valence-electron chi connectivity index (χ2n) is 8.05. The number of amides is 2. The lowest BCUT2D eigenvalue weighted by Gasteiger charge is -2.36. The van der Waals surface area contributed by atoms with Crippen LogP contribution in [0.15, 0.2) is 0 Å². The van der Waals surface area contributed by atoms with Crippen LogP contribution in [0.1, 0.15) is 41.7 Å². The van der Waals surface area contributed by atoms with E-state index in [0.717, 1.165) is 50.8 Å². The third-order valence-electron chi connectivity index (χ3n) is 6.12. The topological polar surface area (TPSA) is 85.7 Å². The van der Waals surface area contributed by atoms with E-state index in [-0.39, 0.29) is 17.7 Å². The van der Waals surface area contributed by atoms with Gasteiger partial charge in [-0.2, -0.15) is 5.26 Å². The van der Waals surface area contributed by atoms with Crippen LogP contribution in [0, 0.1) is 17.2 Å². The zero-order valence-electron chi connectivity index (χ0n) is 16.7. The van der Waals surface area contributed by atoms with Crippen molar-refractivity contribution in [1.82, 2.24) is 9.80 Å². The van der Waals surface area contributed by atoms with E-state index in [0.29, 0.717) is 49.8 Å². The van der Waals surface area contributed by atoms with Crippen molar-refractivity contribution in [2.75, 3.05) is 51.3 Å². The van der Waals surface area contributed by atoms with Gasteiger partial charge in [0.15, 0.2) is 0 Å². The number of morpholine rings is 1. The molecule has 1 N–H and O–H groups in total. The van der Waals surface area contributed by atoms with Gasteiger partial charge in [-0.05, 0) is 44.2 Å². The number of thiophene rings is 1. The standard InChI is InChI=1S/C21H28N4O3S/c22-13-17-16-4-1-5-18(16)29-20(17)23-19(26)6-8-24-7-2-3-15(14-24)21(27)25-9-11-28-12-10-25/h15H,1-12,14H2,(H,23,26). The van der Waals surface area contributed by atoms with Gasteiger partial charge in [0.2, 0.25) is 11.8 Å². The molecule has 0 radical (unpaired) electrons. The van der Waals surface area contributed by atoms with E-state index in [2.05, 4.69) is 16.3 Å². The van der Waals surface area contributed by atoms with Gasteiger partial charge >= 0.3 is 0 Å². The Bertz CT molecular complexity index is 810. The summed E-state index contributed by atoms with van der Waals surface area (Å²) in [7, 11) is 0. The Labute approximate surface area is 175 Å². The van der Waals surface area contributed by atoms with Crippen molar-refractivity contribution in [3.05, 3.63) is 16.0 Å². The summed E-state index contributed by atoms with van der Waals surface area (Å²) in [6.07, 6.45) is 5.34. The molecule has 1 unspecified atom stereocenters. The number of anilines is 1. The molecule has 1 aromatic rings. The van der Waals surface area contributed by atoms with Gasteiger partial charge in [0, 0.05) is 37.5 Å². The molecule has 156 valence electrons. The third kappa shape index (κ3) is 4.63. The van der Waals surface area contributed by atoms with E-state index in [4.69, 9.17) is 4.74 Å². The Morgan fingerprint density at radius 2 is 2.03 bits per heavy atom. The Hall–Kier alpha value is -1.95. The molecule has 0 bridgehead atoms. The monoisotopic (exact) mass is 416 g/mol. The van der Waals surface area contributed by atoms with E-state index in [9.17, 15) is 14.9 Å². The Morgan fingerprint density at radius 1 is 1.21 bits per heavy atom. The van der Waals surface area contributed by atoms with Gasteiger partial charge in [-0.1, -0.05) is 0 Å². The first-order valence-electron chi connectivity index (χ1n) is 10.6. The molecule has 3 heterocycles. The number of nitrogens with zero attached hydrogens (tertiary/aromatic N) is 3.